The van der Waals surface area contributed by atoms with E-state index in [1.807, 2.05) is 55.6 Å². The lowest BCUT2D eigenvalue weighted by Gasteiger charge is -2.22. The summed E-state index contributed by atoms with van der Waals surface area (Å²) >= 11 is 3.43. The number of aromatic nitrogens is 2. The molecule has 0 radical (unpaired) electrons. The Labute approximate surface area is 148 Å². The average molecular weight is 383 g/mol. The zero-order chi connectivity index (χ0) is 16.7. The van der Waals surface area contributed by atoms with Crippen molar-refractivity contribution in [1.82, 2.24) is 9.78 Å². The number of nitrogens with zero attached hydrogens (tertiary/aromatic N) is 3. The lowest BCUT2D eigenvalue weighted by Crippen LogP contribution is -2.29. The van der Waals surface area contributed by atoms with Crippen LogP contribution in [-0.4, -0.2) is 15.7 Å². The highest BCUT2D eigenvalue weighted by Gasteiger charge is 2.26. The van der Waals surface area contributed by atoms with E-state index in [0.29, 0.717) is 12.1 Å². The smallest absolute Gasteiger partial charge is 0.258 e. The number of carbonyl (C=O) groups is 1. The summed E-state index contributed by atoms with van der Waals surface area (Å²) in [5.41, 5.74) is 3.38. The van der Waals surface area contributed by atoms with Gasteiger partial charge in [0.25, 0.3) is 5.91 Å². The molecule has 0 aliphatic carbocycles. The highest BCUT2D eigenvalue weighted by atomic mass is 79.9. The Morgan fingerprint density at radius 1 is 1.21 bits per heavy atom. The normalized spacial score (nSPS) is 12.8. The molecule has 1 aliphatic heterocycles. The van der Waals surface area contributed by atoms with E-state index in [2.05, 4.69) is 26.3 Å². The molecule has 0 bridgehead atoms. The third-order valence-corrected chi connectivity index (χ3v) is 4.60. The van der Waals surface area contributed by atoms with E-state index in [0.717, 1.165) is 27.2 Å². The van der Waals surface area contributed by atoms with Crippen molar-refractivity contribution in [1.29, 1.82) is 0 Å². The molecule has 4 rings (SSSR count). The molecule has 0 saturated carbocycles. The summed E-state index contributed by atoms with van der Waals surface area (Å²) < 4.78 is 2.68. The van der Waals surface area contributed by atoms with Crippen molar-refractivity contribution in [2.45, 2.75) is 6.54 Å². The molecular weight excluding hydrogens is 368 g/mol. The van der Waals surface area contributed by atoms with Crippen molar-refractivity contribution >= 4 is 39.0 Å². The largest absolute Gasteiger partial charge is 0.338 e. The molecule has 0 spiro atoms. The fourth-order valence-corrected chi connectivity index (χ4v) is 3.32. The number of anilines is 3. The SMILES string of the molecule is Cn1ncc2c1Nc1ccccc1N(C(=O)c1cccc(Br)c1)C2. The number of amides is 1. The zero-order valence-electron chi connectivity index (χ0n) is 13.0. The molecule has 0 saturated heterocycles. The standard InChI is InChI=1S/C18H15BrN4O/c1-22-17-13(10-20-22)11-23(16-8-3-2-7-15(16)21-17)18(24)12-5-4-6-14(19)9-12/h2-10,21H,11H2,1H3. The molecule has 1 aliphatic rings. The molecule has 0 atom stereocenters. The van der Waals surface area contributed by atoms with Crippen LogP contribution in [-0.2, 0) is 13.6 Å². The van der Waals surface area contributed by atoms with Crippen molar-refractivity contribution < 1.29 is 4.79 Å². The molecule has 24 heavy (non-hydrogen) atoms. The van der Waals surface area contributed by atoms with E-state index in [-0.39, 0.29) is 5.91 Å². The first kappa shape index (κ1) is 15.0. The molecular formula is C18H15BrN4O. The van der Waals surface area contributed by atoms with E-state index < -0.39 is 0 Å². The number of hydrogen-bond acceptors (Lipinski definition) is 3. The summed E-state index contributed by atoms with van der Waals surface area (Å²) in [7, 11) is 1.89. The highest BCUT2D eigenvalue weighted by Crippen LogP contribution is 2.36. The number of fused-ring (bicyclic) bond motifs is 2. The Bertz CT molecular complexity index is 934. The van der Waals surface area contributed by atoms with Gasteiger partial charge in [0, 0.05) is 22.6 Å². The van der Waals surface area contributed by atoms with Crippen molar-refractivity contribution in [3.05, 3.63) is 70.3 Å². The highest BCUT2D eigenvalue weighted by molar-refractivity contribution is 9.10. The minimum Gasteiger partial charge on any atom is -0.338 e. The number of aryl methyl sites for hydroxylation is 1. The van der Waals surface area contributed by atoms with Crippen molar-refractivity contribution in [2.75, 3.05) is 10.2 Å². The fourth-order valence-electron chi connectivity index (χ4n) is 2.92. The third kappa shape index (κ3) is 2.49. The van der Waals surface area contributed by atoms with Gasteiger partial charge in [0.05, 0.1) is 24.1 Å². The summed E-state index contributed by atoms with van der Waals surface area (Å²) in [5, 5.41) is 7.70. The summed E-state index contributed by atoms with van der Waals surface area (Å²) in [6, 6.07) is 15.3. The van der Waals surface area contributed by atoms with Crippen LogP contribution in [0.4, 0.5) is 17.2 Å². The monoisotopic (exact) mass is 382 g/mol. The van der Waals surface area contributed by atoms with Gasteiger partial charge in [-0.3, -0.25) is 9.48 Å². The first-order chi connectivity index (χ1) is 11.6. The van der Waals surface area contributed by atoms with Gasteiger partial charge in [-0.2, -0.15) is 5.10 Å². The Morgan fingerprint density at radius 3 is 2.88 bits per heavy atom. The Balaban J connectivity index is 1.83. The number of rotatable bonds is 1. The van der Waals surface area contributed by atoms with Gasteiger partial charge in [-0.05, 0) is 30.3 Å². The van der Waals surface area contributed by atoms with Crippen LogP contribution < -0.4 is 10.2 Å². The number of nitrogens with one attached hydrogen (secondary N) is 1. The minimum atomic E-state index is -0.0396. The number of para-hydroxylation sites is 2. The number of halogens is 1. The fraction of sp³-hybridized carbons (Fsp3) is 0.111. The van der Waals surface area contributed by atoms with E-state index in [4.69, 9.17) is 0 Å². The molecule has 1 aromatic heterocycles. The number of carbonyl (C=O) groups excluding carboxylic acids is 1. The van der Waals surface area contributed by atoms with E-state index in [1.54, 1.807) is 15.8 Å². The quantitative estimate of drug-likeness (QED) is 0.689. The van der Waals surface area contributed by atoms with Gasteiger partial charge in [-0.15, -0.1) is 0 Å². The van der Waals surface area contributed by atoms with Crippen LogP contribution in [0.1, 0.15) is 15.9 Å². The molecule has 1 amide bonds. The van der Waals surface area contributed by atoms with Crippen LogP contribution in [0.15, 0.2) is 59.2 Å². The van der Waals surface area contributed by atoms with Gasteiger partial charge in [0.1, 0.15) is 5.82 Å². The summed E-state index contributed by atoms with van der Waals surface area (Å²) in [4.78, 5) is 14.9. The van der Waals surface area contributed by atoms with Gasteiger partial charge in [0.2, 0.25) is 0 Å². The molecule has 5 nitrogen and oxygen atoms in total. The van der Waals surface area contributed by atoms with E-state index >= 15 is 0 Å². The topological polar surface area (TPSA) is 50.2 Å². The Morgan fingerprint density at radius 2 is 2.04 bits per heavy atom. The van der Waals surface area contributed by atoms with Gasteiger partial charge in [-0.25, -0.2) is 0 Å². The predicted octanol–water partition coefficient (Wildman–Crippen LogP) is 4.09. The molecule has 2 heterocycles. The minimum absolute atomic E-state index is 0.0396. The first-order valence-electron chi connectivity index (χ1n) is 7.58. The molecule has 0 unspecified atom stereocenters. The zero-order valence-corrected chi connectivity index (χ0v) is 14.6. The molecule has 120 valence electrons. The van der Waals surface area contributed by atoms with Crippen LogP contribution >= 0.6 is 15.9 Å². The van der Waals surface area contributed by atoms with E-state index in [9.17, 15) is 4.79 Å². The second-order valence-corrected chi connectivity index (χ2v) is 6.60. The summed E-state index contributed by atoms with van der Waals surface area (Å²) in [6.07, 6.45) is 1.80. The lowest BCUT2D eigenvalue weighted by atomic mass is 10.1. The molecule has 1 N–H and O–H groups in total. The Hall–Kier alpha value is -2.60. The van der Waals surface area contributed by atoms with Crippen molar-refractivity contribution in [3.63, 3.8) is 0 Å². The van der Waals surface area contributed by atoms with Crippen LogP contribution in [0.3, 0.4) is 0 Å². The van der Waals surface area contributed by atoms with Crippen molar-refractivity contribution in [2.24, 2.45) is 7.05 Å². The van der Waals surface area contributed by atoms with Crippen LogP contribution in [0, 0.1) is 0 Å². The second kappa shape index (κ2) is 5.79. The number of benzene rings is 2. The maximum absolute atomic E-state index is 13.1. The summed E-state index contributed by atoms with van der Waals surface area (Å²) in [6.45, 7) is 0.471. The third-order valence-electron chi connectivity index (χ3n) is 4.11. The average Bonchev–Trinajstić information content (AvgIpc) is 2.84. The maximum atomic E-state index is 13.1. The van der Waals surface area contributed by atoms with Crippen LogP contribution in [0.2, 0.25) is 0 Å². The first-order valence-corrected chi connectivity index (χ1v) is 8.37. The molecule has 3 aromatic rings. The van der Waals surface area contributed by atoms with Gasteiger partial charge in [-0.1, -0.05) is 34.1 Å². The lowest BCUT2D eigenvalue weighted by molar-refractivity contribution is 0.0985. The molecule has 6 heteroatoms. The predicted molar refractivity (Wildman–Crippen MR) is 97.6 cm³/mol. The maximum Gasteiger partial charge on any atom is 0.258 e. The van der Waals surface area contributed by atoms with E-state index in [1.165, 1.54) is 0 Å². The summed E-state index contributed by atoms with van der Waals surface area (Å²) in [5.74, 6) is 0.870. The van der Waals surface area contributed by atoms with Gasteiger partial charge >= 0.3 is 0 Å². The number of hydrogen-bond donors (Lipinski definition) is 1. The van der Waals surface area contributed by atoms with Crippen molar-refractivity contribution in [3.8, 4) is 0 Å². The van der Waals surface area contributed by atoms with Crippen LogP contribution in [0.25, 0.3) is 0 Å². The van der Waals surface area contributed by atoms with Gasteiger partial charge < -0.3 is 10.2 Å². The molecule has 0 fully saturated rings. The Kier molecular flexibility index (Phi) is 3.61. The van der Waals surface area contributed by atoms with Gasteiger partial charge in [0.15, 0.2) is 0 Å². The second-order valence-electron chi connectivity index (χ2n) is 5.69. The molecule has 2 aromatic carbocycles. The van der Waals surface area contributed by atoms with Crippen LogP contribution in [0.5, 0.6) is 0 Å².